The summed E-state index contributed by atoms with van der Waals surface area (Å²) in [7, 11) is 1.65. The van der Waals surface area contributed by atoms with Crippen LogP contribution in [0.15, 0.2) is 42.7 Å². The third-order valence-corrected chi connectivity index (χ3v) is 2.21. The van der Waals surface area contributed by atoms with E-state index in [-0.39, 0.29) is 0 Å². The molecule has 0 aliphatic heterocycles. The molecule has 0 fully saturated rings. The molecule has 2 N–H and O–H groups in total. The van der Waals surface area contributed by atoms with Crippen molar-refractivity contribution >= 4 is 5.69 Å². The Morgan fingerprint density at radius 2 is 1.87 bits per heavy atom. The number of methoxy groups -OCH3 is 1. The molecule has 0 saturated carbocycles. The minimum Gasteiger partial charge on any atom is -0.496 e. The molecule has 0 spiro atoms. The normalized spacial score (nSPS) is 9.93. The van der Waals surface area contributed by atoms with Crippen LogP contribution in [0.2, 0.25) is 0 Å². The molecule has 3 heteroatoms. The maximum absolute atomic E-state index is 5.75. The van der Waals surface area contributed by atoms with E-state index in [1.54, 1.807) is 19.5 Å². The van der Waals surface area contributed by atoms with Gasteiger partial charge in [-0.25, -0.2) is 0 Å². The summed E-state index contributed by atoms with van der Waals surface area (Å²) in [6.07, 6.45) is 3.50. The van der Waals surface area contributed by atoms with Crippen molar-refractivity contribution in [1.29, 1.82) is 0 Å². The average molecular weight is 200 g/mol. The van der Waals surface area contributed by atoms with Crippen LogP contribution in [0.4, 0.5) is 5.69 Å². The minimum absolute atomic E-state index is 0.725. The quantitative estimate of drug-likeness (QED) is 0.757. The highest BCUT2D eigenvalue weighted by Crippen LogP contribution is 2.30. The maximum Gasteiger partial charge on any atom is 0.126 e. The number of aromatic nitrogens is 1. The molecule has 2 rings (SSSR count). The monoisotopic (exact) mass is 200 g/mol. The Morgan fingerprint density at radius 1 is 1.13 bits per heavy atom. The van der Waals surface area contributed by atoms with Crippen molar-refractivity contribution in [3.05, 3.63) is 42.7 Å². The van der Waals surface area contributed by atoms with Crippen LogP contribution in [0.3, 0.4) is 0 Å². The Balaban J connectivity index is 2.56. The molecule has 0 amide bonds. The smallest absolute Gasteiger partial charge is 0.126 e. The third-order valence-electron chi connectivity index (χ3n) is 2.21. The summed E-state index contributed by atoms with van der Waals surface area (Å²) < 4.78 is 5.28. The first-order valence-electron chi connectivity index (χ1n) is 4.65. The van der Waals surface area contributed by atoms with Gasteiger partial charge in [-0.2, -0.15) is 0 Å². The Hall–Kier alpha value is -2.03. The highest BCUT2D eigenvalue weighted by molar-refractivity contribution is 5.73. The fourth-order valence-electron chi connectivity index (χ4n) is 1.48. The van der Waals surface area contributed by atoms with Crippen LogP contribution in [0.25, 0.3) is 11.1 Å². The number of nitrogens with zero attached hydrogens (tertiary/aromatic N) is 1. The summed E-state index contributed by atoms with van der Waals surface area (Å²) in [4.78, 5) is 3.98. The highest BCUT2D eigenvalue weighted by atomic mass is 16.5. The number of nitrogens with two attached hydrogens (primary N) is 1. The van der Waals surface area contributed by atoms with Gasteiger partial charge in [0.05, 0.1) is 7.11 Å². The number of ether oxygens (including phenoxy) is 1. The zero-order valence-corrected chi connectivity index (χ0v) is 8.47. The van der Waals surface area contributed by atoms with Crippen LogP contribution in [0.1, 0.15) is 0 Å². The first kappa shape index (κ1) is 9.52. The van der Waals surface area contributed by atoms with Crippen molar-refractivity contribution in [3.8, 4) is 16.9 Å². The first-order chi connectivity index (χ1) is 7.31. The maximum atomic E-state index is 5.75. The standard InChI is InChI=1S/C12H12N2O/c1-15-12-3-2-10(13)8-11(12)9-4-6-14-7-5-9/h2-8H,13H2,1H3. The Kier molecular flexibility index (Phi) is 2.54. The molecule has 3 nitrogen and oxygen atoms in total. The number of hydrogen-bond acceptors (Lipinski definition) is 3. The second kappa shape index (κ2) is 4.00. The van der Waals surface area contributed by atoms with Crippen LogP contribution in [-0.4, -0.2) is 12.1 Å². The molecule has 15 heavy (non-hydrogen) atoms. The van der Waals surface area contributed by atoms with Crippen molar-refractivity contribution in [2.75, 3.05) is 12.8 Å². The third kappa shape index (κ3) is 1.91. The van der Waals surface area contributed by atoms with Gasteiger partial charge in [0, 0.05) is 23.6 Å². The van der Waals surface area contributed by atoms with Crippen LogP contribution in [0.5, 0.6) is 5.75 Å². The summed E-state index contributed by atoms with van der Waals surface area (Å²) in [5.41, 5.74) is 8.51. The van der Waals surface area contributed by atoms with E-state index in [2.05, 4.69) is 4.98 Å². The van der Waals surface area contributed by atoms with Crippen molar-refractivity contribution in [3.63, 3.8) is 0 Å². The molecule has 76 valence electrons. The van der Waals surface area contributed by atoms with Crippen LogP contribution < -0.4 is 10.5 Å². The largest absolute Gasteiger partial charge is 0.496 e. The van der Waals surface area contributed by atoms with E-state index in [1.807, 2.05) is 30.3 Å². The van der Waals surface area contributed by atoms with Crippen molar-refractivity contribution < 1.29 is 4.74 Å². The molecule has 0 aliphatic carbocycles. The molecule has 0 radical (unpaired) electrons. The molecular formula is C12H12N2O. The lowest BCUT2D eigenvalue weighted by Crippen LogP contribution is -1.91. The number of nitrogen functional groups attached to an aromatic ring is 1. The molecule has 0 bridgehead atoms. The number of pyridine rings is 1. The highest BCUT2D eigenvalue weighted by Gasteiger charge is 2.05. The fraction of sp³-hybridized carbons (Fsp3) is 0.0833. The molecule has 0 aliphatic rings. The lowest BCUT2D eigenvalue weighted by molar-refractivity contribution is 0.416. The van der Waals surface area contributed by atoms with Gasteiger partial charge in [0.15, 0.2) is 0 Å². The van der Waals surface area contributed by atoms with Gasteiger partial charge in [0.25, 0.3) is 0 Å². The fourth-order valence-corrected chi connectivity index (χ4v) is 1.48. The molecule has 1 aromatic carbocycles. The average Bonchev–Trinajstić information content (AvgIpc) is 2.30. The number of hydrogen-bond donors (Lipinski definition) is 1. The molecule has 0 unspecified atom stereocenters. The predicted molar refractivity (Wildman–Crippen MR) is 60.6 cm³/mol. The summed E-state index contributed by atoms with van der Waals surface area (Å²) in [6, 6.07) is 9.44. The number of anilines is 1. The SMILES string of the molecule is COc1ccc(N)cc1-c1ccncc1. The van der Waals surface area contributed by atoms with E-state index in [0.29, 0.717) is 0 Å². The van der Waals surface area contributed by atoms with Gasteiger partial charge < -0.3 is 10.5 Å². The summed E-state index contributed by atoms with van der Waals surface area (Å²) >= 11 is 0. The van der Waals surface area contributed by atoms with Gasteiger partial charge in [-0.15, -0.1) is 0 Å². The summed E-state index contributed by atoms with van der Waals surface area (Å²) in [5.74, 6) is 0.815. The minimum atomic E-state index is 0.725. The second-order valence-corrected chi connectivity index (χ2v) is 3.20. The Morgan fingerprint density at radius 3 is 2.53 bits per heavy atom. The van der Waals surface area contributed by atoms with Crippen molar-refractivity contribution in [2.24, 2.45) is 0 Å². The van der Waals surface area contributed by atoms with Gasteiger partial charge in [-0.3, -0.25) is 4.98 Å². The second-order valence-electron chi connectivity index (χ2n) is 3.20. The molecule has 0 saturated heterocycles. The molecule has 1 aromatic heterocycles. The molecule has 0 atom stereocenters. The van der Waals surface area contributed by atoms with Gasteiger partial charge in [0.1, 0.15) is 5.75 Å². The zero-order chi connectivity index (χ0) is 10.7. The predicted octanol–water partition coefficient (Wildman–Crippen LogP) is 2.34. The van der Waals surface area contributed by atoms with E-state index in [0.717, 1.165) is 22.6 Å². The molecule has 1 heterocycles. The summed E-state index contributed by atoms with van der Waals surface area (Å²) in [6.45, 7) is 0. The van der Waals surface area contributed by atoms with E-state index >= 15 is 0 Å². The van der Waals surface area contributed by atoms with Crippen molar-refractivity contribution in [2.45, 2.75) is 0 Å². The Bertz CT molecular complexity index is 454. The Labute approximate surface area is 88.5 Å². The van der Waals surface area contributed by atoms with Crippen LogP contribution >= 0.6 is 0 Å². The molecule has 2 aromatic rings. The van der Waals surface area contributed by atoms with Gasteiger partial charge in [-0.1, -0.05) is 0 Å². The zero-order valence-electron chi connectivity index (χ0n) is 8.47. The van der Waals surface area contributed by atoms with E-state index in [4.69, 9.17) is 10.5 Å². The van der Waals surface area contributed by atoms with Gasteiger partial charge in [-0.05, 0) is 35.9 Å². The van der Waals surface area contributed by atoms with Gasteiger partial charge >= 0.3 is 0 Å². The lowest BCUT2D eigenvalue weighted by Gasteiger charge is -2.08. The first-order valence-corrected chi connectivity index (χ1v) is 4.65. The number of rotatable bonds is 2. The van der Waals surface area contributed by atoms with Gasteiger partial charge in [0.2, 0.25) is 0 Å². The van der Waals surface area contributed by atoms with Crippen LogP contribution in [0, 0.1) is 0 Å². The number of benzene rings is 1. The van der Waals surface area contributed by atoms with E-state index in [1.165, 1.54) is 0 Å². The van der Waals surface area contributed by atoms with E-state index < -0.39 is 0 Å². The van der Waals surface area contributed by atoms with E-state index in [9.17, 15) is 0 Å². The van der Waals surface area contributed by atoms with Crippen molar-refractivity contribution in [1.82, 2.24) is 4.98 Å². The lowest BCUT2D eigenvalue weighted by atomic mass is 10.1. The molecular weight excluding hydrogens is 188 g/mol. The summed E-state index contributed by atoms with van der Waals surface area (Å²) in [5, 5.41) is 0. The topological polar surface area (TPSA) is 48.1 Å². The van der Waals surface area contributed by atoms with Crippen LogP contribution in [-0.2, 0) is 0 Å².